The number of carbonyl (C=O) groups excluding carboxylic acids is 1. The van der Waals surface area contributed by atoms with Crippen LogP contribution in [0.2, 0.25) is 5.02 Å². The van der Waals surface area contributed by atoms with Gasteiger partial charge in [0, 0.05) is 34.1 Å². The lowest BCUT2D eigenvalue weighted by molar-refractivity contribution is -0.128. The molecule has 3 aromatic rings. The first-order valence-electron chi connectivity index (χ1n) is 12.2. The Kier molecular flexibility index (Phi) is 4.79. The second-order valence-corrected chi connectivity index (χ2v) is 11.6. The molecular formula is C26H26ClN5O2S. The smallest absolute Gasteiger partial charge is 0.224 e. The topological polar surface area (TPSA) is 81.4 Å². The minimum atomic E-state index is -0.351. The van der Waals surface area contributed by atoms with Crippen molar-refractivity contribution in [2.24, 2.45) is 10.9 Å². The molecule has 1 spiro atoms. The van der Waals surface area contributed by atoms with Crippen molar-refractivity contribution in [3.8, 4) is 5.00 Å². The van der Waals surface area contributed by atoms with Crippen molar-refractivity contribution in [3.05, 3.63) is 62.5 Å². The van der Waals surface area contributed by atoms with E-state index < -0.39 is 0 Å². The molecule has 1 aliphatic heterocycles. The third-order valence-electron chi connectivity index (χ3n) is 8.03. The van der Waals surface area contributed by atoms with Gasteiger partial charge in [0.2, 0.25) is 5.91 Å². The number of amides is 1. The molecule has 0 saturated heterocycles. The van der Waals surface area contributed by atoms with Crippen molar-refractivity contribution in [1.29, 1.82) is 0 Å². The summed E-state index contributed by atoms with van der Waals surface area (Å²) in [7, 11) is 1.72. The fraction of sp³-hybridized carbons (Fsp3) is 0.462. The van der Waals surface area contributed by atoms with Crippen molar-refractivity contribution >= 4 is 34.6 Å². The number of thiophene rings is 1. The van der Waals surface area contributed by atoms with E-state index in [0.717, 1.165) is 65.6 Å². The van der Waals surface area contributed by atoms with Crippen LogP contribution < -0.4 is 5.32 Å². The molecule has 2 saturated carbocycles. The molecule has 0 bridgehead atoms. The Morgan fingerprint density at radius 3 is 2.77 bits per heavy atom. The number of rotatable bonds is 4. The predicted molar refractivity (Wildman–Crippen MR) is 135 cm³/mol. The summed E-state index contributed by atoms with van der Waals surface area (Å²) in [5.41, 5.74) is 3.82. The van der Waals surface area contributed by atoms with E-state index in [4.69, 9.17) is 21.3 Å². The summed E-state index contributed by atoms with van der Waals surface area (Å²) in [6.45, 7) is 2.00. The molecule has 0 radical (unpaired) electrons. The fourth-order valence-electron chi connectivity index (χ4n) is 5.75. The summed E-state index contributed by atoms with van der Waals surface area (Å²) in [5, 5.41) is 14.0. The van der Waals surface area contributed by atoms with Crippen LogP contribution in [0.1, 0.15) is 58.9 Å². The minimum Gasteiger partial charge on any atom is -0.379 e. The van der Waals surface area contributed by atoms with Crippen LogP contribution in [-0.2, 0) is 27.9 Å². The highest BCUT2D eigenvalue weighted by Crippen LogP contribution is 2.54. The van der Waals surface area contributed by atoms with Gasteiger partial charge in [0.05, 0.1) is 17.9 Å². The fourth-order valence-corrected chi connectivity index (χ4v) is 7.44. The van der Waals surface area contributed by atoms with Gasteiger partial charge in [0.25, 0.3) is 0 Å². The summed E-state index contributed by atoms with van der Waals surface area (Å²) >= 11 is 8.47. The predicted octanol–water partition coefficient (Wildman–Crippen LogP) is 4.14. The molecule has 0 unspecified atom stereocenters. The van der Waals surface area contributed by atoms with Crippen molar-refractivity contribution in [3.63, 3.8) is 0 Å². The summed E-state index contributed by atoms with van der Waals surface area (Å²) in [6.07, 6.45) is 5.45. The number of methoxy groups -OCH3 is 1. The zero-order chi connectivity index (χ0) is 23.9. The number of ether oxygens (including phenoxy) is 1. The molecule has 9 heteroatoms. The van der Waals surface area contributed by atoms with Gasteiger partial charge < -0.3 is 10.1 Å². The number of benzene rings is 1. The molecule has 1 amide bonds. The standard InChI is InChI=1S/C26H26ClN5O2S/c1-13-30-31-25-26(9-10-26)29-22(15-5-3-4-6-17(15)27)21-16-11-14(12-20(16)35-24(21)32(13)25)23(33)28-18-7-8-19(18)34-2/h3-6,14,18-19H,7-12H2,1-2H3,(H,28,33)/t14-,18+,19+/m0/s1. The number of carbonyl (C=O) groups is 1. The number of aromatic nitrogens is 3. The normalized spacial score (nSPS) is 25.2. The van der Waals surface area contributed by atoms with Crippen LogP contribution in [0.5, 0.6) is 0 Å². The first kappa shape index (κ1) is 21.7. The second kappa shape index (κ2) is 7.72. The van der Waals surface area contributed by atoms with E-state index in [9.17, 15) is 4.79 Å². The van der Waals surface area contributed by atoms with E-state index in [1.54, 1.807) is 18.4 Å². The van der Waals surface area contributed by atoms with E-state index in [2.05, 4.69) is 20.1 Å². The molecule has 7 rings (SSSR count). The highest BCUT2D eigenvalue weighted by molar-refractivity contribution is 7.15. The second-order valence-electron chi connectivity index (χ2n) is 10.1. The average molecular weight is 508 g/mol. The largest absolute Gasteiger partial charge is 0.379 e. The van der Waals surface area contributed by atoms with Gasteiger partial charge in [-0.25, -0.2) is 0 Å². The van der Waals surface area contributed by atoms with Gasteiger partial charge in [-0.2, -0.15) is 0 Å². The molecule has 1 aromatic carbocycles. The summed E-state index contributed by atoms with van der Waals surface area (Å²) in [6, 6.07) is 8.04. The monoisotopic (exact) mass is 507 g/mol. The van der Waals surface area contributed by atoms with Crippen molar-refractivity contribution in [1.82, 2.24) is 20.1 Å². The molecule has 3 atom stereocenters. The van der Waals surface area contributed by atoms with E-state index >= 15 is 0 Å². The average Bonchev–Trinajstić information content (AvgIpc) is 3.17. The molecule has 35 heavy (non-hydrogen) atoms. The molecule has 2 aromatic heterocycles. The summed E-state index contributed by atoms with van der Waals surface area (Å²) in [4.78, 5) is 19.8. The number of aryl methyl sites for hydroxylation is 1. The maximum Gasteiger partial charge on any atom is 0.224 e. The van der Waals surface area contributed by atoms with E-state index in [1.807, 2.05) is 31.2 Å². The number of nitrogens with one attached hydrogen (secondary N) is 1. The molecular weight excluding hydrogens is 482 g/mol. The lowest BCUT2D eigenvalue weighted by Crippen LogP contribution is -2.52. The van der Waals surface area contributed by atoms with Crippen LogP contribution in [0.25, 0.3) is 5.00 Å². The van der Waals surface area contributed by atoms with E-state index in [1.165, 1.54) is 10.4 Å². The Labute approximate surface area is 212 Å². The Morgan fingerprint density at radius 2 is 2.06 bits per heavy atom. The van der Waals surface area contributed by atoms with Gasteiger partial charge in [0.15, 0.2) is 5.82 Å². The van der Waals surface area contributed by atoms with E-state index in [0.29, 0.717) is 11.4 Å². The van der Waals surface area contributed by atoms with Gasteiger partial charge in [-0.05, 0) is 57.1 Å². The molecule has 3 heterocycles. The molecule has 2 fully saturated rings. The van der Waals surface area contributed by atoms with E-state index in [-0.39, 0.29) is 29.5 Å². The number of halogens is 1. The van der Waals surface area contributed by atoms with Gasteiger partial charge in [-0.3, -0.25) is 14.4 Å². The van der Waals surface area contributed by atoms with Crippen LogP contribution in [-0.4, -0.2) is 45.6 Å². The Balaban J connectivity index is 1.33. The van der Waals surface area contributed by atoms with Gasteiger partial charge in [-0.15, -0.1) is 21.5 Å². The van der Waals surface area contributed by atoms with Gasteiger partial charge in [-0.1, -0.05) is 29.8 Å². The lowest BCUT2D eigenvalue weighted by Gasteiger charge is -2.36. The van der Waals surface area contributed by atoms with Crippen molar-refractivity contribution < 1.29 is 9.53 Å². The van der Waals surface area contributed by atoms with Crippen molar-refractivity contribution in [2.75, 3.05) is 7.11 Å². The van der Waals surface area contributed by atoms with Crippen LogP contribution in [0.3, 0.4) is 0 Å². The third-order valence-corrected chi connectivity index (χ3v) is 9.60. The van der Waals surface area contributed by atoms with Gasteiger partial charge >= 0.3 is 0 Å². The molecule has 7 nitrogen and oxygen atoms in total. The molecule has 4 aliphatic rings. The summed E-state index contributed by atoms with van der Waals surface area (Å²) in [5.74, 6) is 1.83. The summed E-state index contributed by atoms with van der Waals surface area (Å²) < 4.78 is 7.68. The Morgan fingerprint density at radius 1 is 1.23 bits per heavy atom. The number of fused-ring (bicyclic) bond motifs is 6. The lowest BCUT2D eigenvalue weighted by atomic mass is 9.88. The van der Waals surface area contributed by atoms with Crippen LogP contribution in [0, 0.1) is 12.8 Å². The molecule has 1 N–H and O–H groups in total. The van der Waals surface area contributed by atoms with Crippen LogP contribution >= 0.6 is 22.9 Å². The highest BCUT2D eigenvalue weighted by atomic mass is 35.5. The minimum absolute atomic E-state index is 0.0771. The van der Waals surface area contributed by atoms with Crippen LogP contribution in [0.4, 0.5) is 0 Å². The number of aliphatic imine (C=N–C) groups is 1. The first-order chi connectivity index (χ1) is 17.0. The Hall–Kier alpha value is -2.55. The number of nitrogens with zero attached hydrogens (tertiary/aromatic N) is 4. The van der Waals surface area contributed by atoms with Crippen molar-refractivity contribution in [2.45, 2.75) is 63.1 Å². The zero-order valence-corrected chi connectivity index (χ0v) is 21.2. The maximum absolute atomic E-state index is 13.2. The zero-order valence-electron chi connectivity index (χ0n) is 19.7. The SMILES string of the molecule is CO[C@@H]1CC[C@H]1NC(=O)[C@@H]1Cc2sc3c(c2C1)C(c1ccccc1Cl)=NC1(CC1)c1nnc(C)n1-3. The molecule has 3 aliphatic carbocycles. The highest BCUT2D eigenvalue weighted by Gasteiger charge is 2.52. The Bertz CT molecular complexity index is 1400. The third kappa shape index (κ3) is 3.19. The molecule has 180 valence electrons. The van der Waals surface area contributed by atoms with Crippen LogP contribution in [0.15, 0.2) is 29.3 Å². The van der Waals surface area contributed by atoms with Gasteiger partial charge in [0.1, 0.15) is 16.4 Å². The maximum atomic E-state index is 13.2. The quantitative estimate of drug-likeness (QED) is 0.575. The first-order valence-corrected chi connectivity index (χ1v) is 13.4. The number of hydrogen-bond acceptors (Lipinski definition) is 6. The number of hydrogen-bond donors (Lipinski definition) is 1.